The van der Waals surface area contributed by atoms with Crippen LogP contribution < -0.4 is 10.6 Å². The van der Waals surface area contributed by atoms with E-state index in [0.717, 1.165) is 30.5 Å². The van der Waals surface area contributed by atoms with Crippen molar-refractivity contribution in [3.8, 4) is 0 Å². The predicted octanol–water partition coefficient (Wildman–Crippen LogP) is 3.50. The molecule has 2 aliphatic carbocycles. The first-order valence-corrected chi connectivity index (χ1v) is 7.30. The molecule has 18 heavy (non-hydrogen) atoms. The fourth-order valence-corrected chi connectivity index (χ4v) is 3.52. The highest BCUT2D eigenvalue weighted by Gasteiger charge is 2.39. The maximum Gasteiger partial charge on any atom is 0.0549 e. The Morgan fingerprint density at radius 2 is 2.11 bits per heavy atom. The van der Waals surface area contributed by atoms with E-state index < -0.39 is 0 Å². The van der Waals surface area contributed by atoms with Gasteiger partial charge < -0.3 is 10.6 Å². The average molecular weight is 245 g/mol. The van der Waals surface area contributed by atoms with E-state index in [1.807, 2.05) is 12.4 Å². The summed E-state index contributed by atoms with van der Waals surface area (Å²) >= 11 is 0. The summed E-state index contributed by atoms with van der Waals surface area (Å²) < 4.78 is 0. The van der Waals surface area contributed by atoms with Crippen LogP contribution in [0.5, 0.6) is 0 Å². The molecule has 1 aromatic rings. The van der Waals surface area contributed by atoms with Crippen LogP contribution in [0.4, 0.5) is 11.4 Å². The molecule has 0 spiro atoms. The van der Waals surface area contributed by atoms with Gasteiger partial charge in [-0.2, -0.15) is 0 Å². The van der Waals surface area contributed by atoms with Gasteiger partial charge in [-0.05, 0) is 43.6 Å². The van der Waals surface area contributed by atoms with Gasteiger partial charge in [-0.15, -0.1) is 0 Å². The second-order valence-corrected chi connectivity index (χ2v) is 5.81. The summed E-state index contributed by atoms with van der Waals surface area (Å²) in [5.41, 5.74) is 2.30. The van der Waals surface area contributed by atoms with E-state index in [2.05, 4.69) is 28.6 Å². The van der Waals surface area contributed by atoms with Crippen LogP contribution in [-0.4, -0.2) is 17.6 Å². The lowest BCUT2D eigenvalue weighted by Crippen LogP contribution is -2.25. The maximum atomic E-state index is 4.32. The van der Waals surface area contributed by atoms with Crippen molar-refractivity contribution in [1.82, 2.24) is 4.98 Å². The van der Waals surface area contributed by atoms with E-state index in [1.54, 1.807) is 0 Å². The van der Waals surface area contributed by atoms with Crippen LogP contribution in [0.2, 0.25) is 0 Å². The summed E-state index contributed by atoms with van der Waals surface area (Å²) in [5.74, 6) is 1.89. The number of fused-ring (bicyclic) bond motifs is 2. The molecule has 3 heteroatoms. The summed E-state index contributed by atoms with van der Waals surface area (Å²) in [6, 6.07) is 2.88. The second-order valence-electron chi connectivity index (χ2n) is 5.81. The summed E-state index contributed by atoms with van der Waals surface area (Å²) in [6.45, 7) is 3.19. The molecule has 2 N–H and O–H groups in total. The molecule has 2 bridgehead atoms. The average Bonchev–Trinajstić information content (AvgIpc) is 2.99. The zero-order chi connectivity index (χ0) is 12.4. The molecule has 1 heterocycles. The van der Waals surface area contributed by atoms with E-state index in [4.69, 9.17) is 0 Å². The number of hydrogen-bond donors (Lipinski definition) is 2. The van der Waals surface area contributed by atoms with Crippen LogP contribution in [0, 0.1) is 11.8 Å². The molecule has 2 aliphatic rings. The SMILES string of the molecule is CCCNc1cncc(NC2CC3CCC2C3)c1. The van der Waals surface area contributed by atoms with Crippen molar-refractivity contribution in [2.75, 3.05) is 17.2 Å². The third-order valence-electron chi connectivity index (χ3n) is 4.41. The lowest BCUT2D eigenvalue weighted by molar-refractivity contribution is 0.439. The molecule has 1 aromatic heterocycles. The molecular weight excluding hydrogens is 222 g/mol. The summed E-state index contributed by atoms with van der Waals surface area (Å²) in [5, 5.41) is 7.08. The fraction of sp³-hybridized carbons (Fsp3) is 0.667. The lowest BCUT2D eigenvalue weighted by atomic mass is 9.95. The van der Waals surface area contributed by atoms with Gasteiger partial charge in [-0.25, -0.2) is 0 Å². The Bertz CT molecular complexity index is 404. The molecule has 0 aliphatic heterocycles. The van der Waals surface area contributed by atoms with Crippen LogP contribution in [-0.2, 0) is 0 Å². The van der Waals surface area contributed by atoms with Gasteiger partial charge in [0.2, 0.25) is 0 Å². The minimum atomic E-state index is 0.687. The number of hydrogen-bond acceptors (Lipinski definition) is 3. The lowest BCUT2D eigenvalue weighted by Gasteiger charge is -2.24. The van der Waals surface area contributed by atoms with Crippen LogP contribution in [0.15, 0.2) is 18.5 Å². The van der Waals surface area contributed by atoms with Crippen molar-refractivity contribution in [2.45, 2.75) is 45.1 Å². The Morgan fingerprint density at radius 3 is 2.83 bits per heavy atom. The summed E-state index contributed by atoms with van der Waals surface area (Å²) in [6.07, 6.45) is 10.7. The maximum absolute atomic E-state index is 4.32. The molecule has 0 saturated heterocycles. The molecule has 98 valence electrons. The van der Waals surface area contributed by atoms with E-state index in [1.165, 1.54) is 31.4 Å². The Kier molecular flexibility index (Phi) is 3.39. The first-order valence-electron chi connectivity index (χ1n) is 7.30. The van der Waals surface area contributed by atoms with E-state index >= 15 is 0 Å². The zero-order valence-electron chi connectivity index (χ0n) is 11.2. The molecule has 3 atom stereocenters. The van der Waals surface area contributed by atoms with Crippen molar-refractivity contribution >= 4 is 11.4 Å². The monoisotopic (exact) mass is 245 g/mol. The number of anilines is 2. The van der Waals surface area contributed by atoms with Crippen molar-refractivity contribution in [3.63, 3.8) is 0 Å². The van der Waals surface area contributed by atoms with Gasteiger partial charge in [-0.1, -0.05) is 13.3 Å². The van der Waals surface area contributed by atoms with Gasteiger partial charge in [0.15, 0.2) is 0 Å². The van der Waals surface area contributed by atoms with E-state index in [-0.39, 0.29) is 0 Å². The highest BCUT2D eigenvalue weighted by Crippen LogP contribution is 2.45. The molecule has 0 amide bonds. The Hall–Kier alpha value is -1.25. The first kappa shape index (κ1) is 11.8. The summed E-state index contributed by atoms with van der Waals surface area (Å²) in [4.78, 5) is 4.32. The number of pyridine rings is 1. The molecule has 3 nitrogen and oxygen atoms in total. The van der Waals surface area contributed by atoms with Crippen molar-refractivity contribution in [3.05, 3.63) is 18.5 Å². The Balaban J connectivity index is 1.62. The van der Waals surface area contributed by atoms with Crippen LogP contribution in [0.25, 0.3) is 0 Å². The number of aromatic nitrogens is 1. The molecule has 3 unspecified atom stereocenters. The topological polar surface area (TPSA) is 37.0 Å². The molecular formula is C15H23N3. The van der Waals surface area contributed by atoms with Crippen LogP contribution in [0.1, 0.15) is 39.0 Å². The highest BCUT2D eigenvalue weighted by molar-refractivity contribution is 5.54. The predicted molar refractivity (Wildman–Crippen MR) is 75.9 cm³/mol. The van der Waals surface area contributed by atoms with Gasteiger partial charge >= 0.3 is 0 Å². The number of nitrogens with zero attached hydrogens (tertiary/aromatic N) is 1. The van der Waals surface area contributed by atoms with Crippen molar-refractivity contribution in [1.29, 1.82) is 0 Å². The standard InChI is InChI=1S/C15H23N3/c1-2-5-17-13-8-14(10-16-9-13)18-15-7-11-3-4-12(15)6-11/h8-12,15,17-18H,2-7H2,1H3. The Labute approximate surface area is 109 Å². The quantitative estimate of drug-likeness (QED) is 0.833. The molecule has 0 radical (unpaired) electrons. The third kappa shape index (κ3) is 2.45. The van der Waals surface area contributed by atoms with Crippen molar-refractivity contribution < 1.29 is 0 Å². The normalized spacial score (nSPS) is 29.5. The van der Waals surface area contributed by atoms with Gasteiger partial charge in [0, 0.05) is 12.6 Å². The van der Waals surface area contributed by atoms with Gasteiger partial charge in [0.25, 0.3) is 0 Å². The summed E-state index contributed by atoms with van der Waals surface area (Å²) in [7, 11) is 0. The fourth-order valence-electron chi connectivity index (χ4n) is 3.52. The van der Waals surface area contributed by atoms with Crippen molar-refractivity contribution in [2.24, 2.45) is 11.8 Å². The van der Waals surface area contributed by atoms with E-state index in [0.29, 0.717) is 6.04 Å². The van der Waals surface area contributed by atoms with E-state index in [9.17, 15) is 0 Å². The zero-order valence-corrected chi connectivity index (χ0v) is 11.2. The first-order chi connectivity index (χ1) is 8.85. The molecule has 2 saturated carbocycles. The minimum absolute atomic E-state index is 0.687. The number of rotatable bonds is 5. The van der Waals surface area contributed by atoms with Crippen LogP contribution in [0.3, 0.4) is 0 Å². The highest BCUT2D eigenvalue weighted by atomic mass is 15.0. The van der Waals surface area contributed by atoms with Gasteiger partial charge in [0.1, 0.15) is 0 Å². The molecule has 0 aromatic carbocycles. The third-order valence-corrected chi connectivity index (χ3v) is 4.41. The molecule has 3 rings (SSSR count). The van der Waals surface area contributed by atoms with Gasteiger partial charge in [0.05, 0.1) is 23.8 Å². The number of nitrogens with one attached hydrogen (secondary N) is 2. The molecule has 2 fully saturated rings. The Morgan fingerprint density at radius 1 is 1.22 bits per heavy atom. The second kappa shape index (κ2) is 5.17. The van der Waals surface area contributed by atoms with Gasteiger partial charge in [-0.3, -0.25) is 4.98 Å². The smallest absolute Gasteiger partial charge is 0.0549 e. The largest absolute Gasteiger partial charge is 0.384 e. The van der Waals surface area contributed by atoms with Crippen LogP contribution >= 0.6 is 0 Å². The minimum Gasteiger partial charge on any atom is -0.384 e.